The van der Waals surface area contributed by atoms with Crippen LogP contribution in [0.25, 0.3) is 11.3 Å². The molecule has 0 radical (unpaired) electrons. The summed E-state index contributed by atoms with van der Waals surface area (Å²) in [5, 5.41) is 38.6. The van der Waals surface area contributed by atoms with E-state index in [0.717, 1.165) is 6.07 Å². The molecule has 14 heteroatoms. The van der Waals surface area contributed by atoms with Crippen molar-refractivity contribution in [3.05, 3.63) is 47.4 Å². The van der Waals surface area contributed by atoms with Gasteiger partial charge in [-0.1, -0.05) is 0 Å². The Morgan fingerprint density at radius 1 is 0.939 bits per heavy atom. The van der Waals surface area contributed by atoms with Crippen molar-refractivity contribution in [2.24, 2.45) is 0 Å². The van der Waals surface area contributed by atoms with Crippen LogP contribution in [0.3, 0.4) is 0 Å². The molecule has 3 rings (SSSR count). The molecule has 1 aliphatic heterocycles. The summed E-state index contributed by atoms with van der Waals surface area (Å²) < 4.78 is 103. The highest BCUT2D eigenvalue weighted by Gasteiger charge is 2.46. The Hall–Kier alpha value is -2.52. The zero-order valence-corrected chi connectivity index (χ0v) is 16.2. The number of benzene rings is 1. The molecule has 0 saturated carbocycles. The van der Waals surface area contributed by atoms with Crippen molar-refractivity contribution in [1.29, 1.82) is 0 Å². The number of halogens is 7. The number of aliphatic hydroxyl groups is 4. The summed E-state index contributed by atoms with van der Waals surface area (Å²) in [5.74, 6) is -3.07. The predicted octanol–water partition coefficient (Wildman–Crippen LogP) is 2.10. The summed E-state index contributed by atoms with van der Waals surface area (Å²) in [6, 6.07) is 2.21. The molecule has 0 amide bonds. The van der Waals surface area contributed by atoms with Crippen LogP contribution >= 0.6 is 0 Å². The second-order valence-corrected chi connectivity index (χ2v) is 7.08. The Morgan fingerprint density at radius 2 is 1.61 bits per heavy atom. The Balaban J connectivity index is 2.00. The van der Waals surface area contributed by atoms with E-state index in [1.807, 2.05) is 0 Å². The van der Waals surface area contributed by atoms with Gasteiger partial charge in [-0.15, -0.1) is 0 Å². The number of rotatable bonds is 4. The molecular weight excluding hydrogens is 471 g/mol. The molecule has 182 valence electrons. The van der Waals surface area contributed by atoms with Crippen LogP contribution in [-0.4, -0.2) is 62.7 Å². The highest BCUT2D eigenvalue weighted by molar-refractivity contribution is 5.63. The number of alkyl halides is 6. The third-order valence-corrected chi connectivity index (χ3v) is 4.82. The topological polar surface area (TPSA) is 112 Å². The van der Waals surface area contributed by atoms with Gasteiger partial charge in [-0.05, 0) is 24.3 Å². The van der Waals surface area contributed by atoms with Gasteiger partial charge in [-0.25, -0.2) is 4.39 Å². The average Bonchev–Trinajstić information content (AvgIpc) is 2.73. The largest absolute Gasteiger partial charge is 0.458 e. The molecule has 0 spiro atoms. The van der Waals surface area contributed by atoms with Crippen molar-refractivity contribution in [3.63, 3.8) is 0 Å². The van der Waals surface area contributed by atoms with Crippen molar-refractivity contribution < 1.29 is 60.6 Å². The van der Waals surface area contributed by atoms with Crippen LogP contribution in [0, 0.1) is 5.82 Å². The number of pyridine rings is 1. The Morgan fingerprint density at radius 3 is 2.12 bits per heavy atom. The van der Waals surface area contributed by atoms with Crippen molar-refractivity contribution in [2.75, 3.05) is 6.61 Å². The Bertz CT molecular complexity index is 980. The van der Waals surface area contributed by atoms with Crippen LogP contribution in [0.5, 0.6) is 5.75 Å². The lowest BCUT2D eigenvalue weighted by atomic mass is 9.99. The SMILES string of the molecule is OC[C@H]1O[C@H](Oc2c(F)cc(-c3ccc(C(F)(F)F)cn3)cc2C(F)(F)F)[C@@H](O)[C@@H](O)[C@@H]1O. The fourth-order valence-corrected chi connectivity index (χ4v) is 3.08. The monoisotopic (exact) mass is 487 g/mol. The highest BCUT2D eigenvalue weighted by atomic mass is 19.4. The molecule has 1 aliphatic rings. The predicted molar refractivity (Wildman–Crippen MR) is 94.0 cm³/mol. The number of ether oxygens (including phenoxy) is 2. The molecule has 0 unspecified atom stereocenters. The number of hydrogen-bond donors (Lipinski definition) is 4. The van der Waals surface area contributed by atoms with Crippen molar-refractivity contribution >= 4 is 0 Å². The van der Waals surface area contributed by atoms with Gasteiger partial charge in [0.05, 0.1) is 17.9 Å². The third-order valence-electron chi connectivity index (χ3n) is 4.82. The molecule has 0 bridgehead atoms. The van der Waals surface area contributed by atoms with Gasteiger partial charge < -0.3 is 29.9 Å². The first-order valence-corrected chi connectivity index (χ1v) is 9.15. The second kappa shape index (κ2) is 9.02. The van der Waals surface area contributed by atoms with Crippen LogP contribution in [0.4, 0.5) is 30.7 Å². The maximum absolute atomic E-state index is 14.7. The Labute approximate surface area is 180 Å². The van der Waals surface area contributed by atoms with Crippen molar-refractivity contribution in [2.45, 2.75) is 43.1 Å². The van der Waals surface area contributed by atoms with Crippen LogP contribution in [0.1, 0.15) is 11.1 Å². The molecule has 1 fully saturated rings. The molecule has 2 heterocycles. The van der Waals surface area contributed by atoms with E-state index in [1.54, 1.807) is 0 Å². The molecule has 7 nitrogen and oxygen atoms in total. The molecule has 33 heavy (non-hydrogen) atoms. The van der Waals surface area contributed by atoms with E-state index in [0.29, 0.717) is 24.4 Å². The van der Waals surface area contributed by atoms with Crippen LogP contribution < -0.4 is 4.74 Å². The van der Waals surface area contributed by atoms with Gasteiger partial charge in [-0.2, -0.15) is 26.3 Å². The van der Waals surface area contributed by atoms with Gasteiger partial charge in [-0.3, -0.25) is 4.98 Å². The maximum Gasteiger partial charge on any atom is 0.420 e. The minimum Gasteiger partial charge on any atom is -0.458 e. The van der Waals surface area contributed by atoms with Gasteiger partial charge in [0.2, 0.25) is 6.29 Å². The number of hydrogen-bond acceptors (Lipinski definition) is 7. The fraction of sp³-hybridized carbons (Fsp3) is 0.421. The van der Waals surface area contributed by atoms with E-state index >= 15 is 0 Å². The van der Waals surface area contributed by atoms with Crippen molar-refractivity contribution in [1.82, 2.24) is 4.98 Å². The van der Waals surface area contributed by atoms with E-state index in [-0.39, 0.29) is 0 Å². The number of nitrogens with zero attached hydrogens (tertiary/aromatic N) is 1. The molecule has 0 aliphatic carbocycles. The van der Waals surface area contributed by atoms with Gasteiger partial charge in [0, 0.05) is 11.8 Å². The lowest BCUT2D eigenvalue weighted by Gasteiger charge is -2.39. The fourth-order valence-electron chi connectivity index (χ4n) is 3.08. The first-order chi connectivity index (χ1) is 15.2. The van der Waals surface area contributed by atoms with Crippen molar-refractivity contribution in [3.8, 4) is 17.0 Å². The molecular formula is C19H16F7NO6. The molecule has 5 atom stereocenters. The van der Waals surface area contributed by atoms with E-state index < -0.39 is 83.6 Å². The summed E-state index contributed by atoms with van der Waals surface area (Å²) in [5.41, 5.74) is -3.79. The molecule has 1 aromatic carbocycles. The molecule has 2 aromatic rings. The lowest BCUT2D eigenvalue weighted by Crippen LogP contribution is -2.60. The van der Waals surface area contributed by atoms with Gasteiger partial charge in [0.1, 0.15) is 30.0 Å². The molecule has 1 saturated heterocycles. The minimum absolute atomic E-state index is 0.373. The highest BCUT2D eigenvalue weighted by Crippen LogP contribution is 2.42. The first-order valence-electron chi connectivity index (χ1n) is 9.15. The summed E-state index contributed by atoms with van der Waals surface area (Å²) in [7, 11) is 0. The standard InChI is InChI=1S/C19H16F7NO6/c20-10-4-7(11-2-1-8(5-27-11)18(21,22)23)3-9(19(24,25)26)16(10)33-17-15(31)14(30)13(29)12(6-28)32-17/h1-5,12-15,17,28-31H,6H2/t12-,13-,14+,15+,17-/m1/s1. The zero-order chi connectivity index (χ0) is 24.7. The summed E-state index contributed by atoms with van der Waals surface area (Å²) in [4.78, 5) is 3.43. The lowest BCUT2D eigenvalue weighted by molar-refractivity contribution is -0.278. The number of aliphatic hydroxyl groups excluding tert-OH is 4. The van der Waals surface area contributed by atoms with E-state index in [9.17, 15) is 46.1 Å². The summed E-state index contributed by atoms with van der Waals surface area (Å²) in [6.07, 6.45) is -19.2. The van der Waals surface area contributed by atoms with Gasteiger partial charge in [0.15, 0.2) is 11.6 Å². The van der Waals surface area contributed by atoms with Gasteiger partial charge in [0.25, 0.3) is 0 Å². The van der Waals surface area contributed by atoms with Crippen LogP contribution in [-0.2, 0) is 17.1 Å². The number of aromatic nitrogens is 1. The summed E-state index contributed by atoms with van der Waals surface area (Å²) in [6.45, 7) is -0.905. The Kier molecular flexibility index (Phi) is 6.87. The van der Waals surface area contributed by atoms with E-state index in [2.05, 4.69) is 4.98 Å². The normalized spacial score (nSPS) is 26.3. The average molecular weight is 487 g/mol. The minimum atomic E-state index is -5.23. The smallest absolute Gasteiger partial charge is 0.420 e. The third kappa shape index (κ3) is 5.19. The second-order valence-electron chi connectivity index (χ2n) is 7.08. The van der Waals surface area contributed by atoms with Crippen LogP contribution in [0.2, 0.25) is 0 Å². The molecule has 1 aromatic heterocycles. The van der Waals surface area contributed by atoms with E-state index in [4.69, 9.17) is 14.6 Å². The quantitative estimate of drug-likeness (QED) is 0.489. The van der Waals surface area contributed by atoms with Gasteiger partial charge >= 0.3 is 12.4 Å². The molecule has 4 N–H and O–H groups in total. The first kappa shape index (κ1) is 25.1. The maximum atomic E-state index is 14.7. The summed E-state index contributed by atoms with van der Waals surface area (Å²) >= 11 is 0. The van der Waals surface area contributed by atoms with E-state index in [1.165, 1.54) is 0 Å². The zero-order valence-electron chi connectivity index (χ0n) is 16.2. The van der Waals surface area contributed by atoms with Crippen LogP contribution in [0.15, 0.2) is 30.5 Å².